The predicted molar refractivity (Wildman–Crippen MR) is 74.0 cm³/mol. The summed E-state index contributed by atoms with van der Waals surface area (Å²) in [6.45, 7) is 2.31. The zero-order valence-corrected chi connectivity index (χ0v) is 11.1. The van der Waals surface area contributed by atoms with E-state index in [2.05, 4.69) is 30.9 Å². The van der Waals surface area contributed by atoms with Crippen LogP contribution in [0.2, 0.25) is 0 Å². The van der Waals surface area contributed by atoms with E-state index in [0.29, 0.717) is 12.0 Å². The first kappa shape index (κ1) is 13.8. The second kappa shape index (κ2) is 6.52. The highest BCUT2D eigenvalue weighted by Gasteiger charge is 2.19. The summed E-state index contributed by atoms with van der Waals surface area (Å²) < 4.78 is 23.7. The maximum absolute atomic E-state index is 11.8. The fourth-order valence-electron chi connectivity index (χ4n) is 2.61. The normalized spacial score (nSPS) is 22.3. The Hall–Kier alpha value is -1.62. The molecule has 0 spiro atoms. The number of halogens is 2. The Morgan fingerprint density at radius 2 is 1.74 bits per heavy atom. The van der Waals surface area contributed by atoms with Crippen molar-refractivity contribution in [3.05, 3.63) is 47.5 Å². The van der Waals surface area contributed by atoms with E-state index in [1.807, 2.05) is 12.1 Å². The van der Waals surface area contributed by atoms with Crippen LogP contribution in [0.25, 0.3) is 0 Å². The molecule has 0 nitrogen and oxygen atoms in total. The molecule has 0 unspecified atom stereocenters. The van der Waals surface area contributed by atoms with Gasteiger partial charge in [0.05, 0.1) is 6.08 Å². The zero-order chi connectivity index (χ0) is 13.7. The standard InChI is InChI=1S/C17H18F2/c1-13-5-9-15(10-6-13)16-11-7-14(8-12-16)3-2-4-17(18)19/h4,7-8,11-13,15H,5-6,9-10H2,1H3. The van der Waals surface area contributed by atoms with Gasteiger partial charge in [-0.3, -0.25) is 0 Å². The Balaban J connectivity index is 2.01. The fraction of sp³-hybridized carbons (Fsp3) is 0.412. The average Bonchev–Trinajstić information content (AvgIpc) is 2.40. The van der Waals surface area contributed by atoms with Crippen LogP contribution in [0.1, 0.15) is 49.7 Å². The maximum atomic E-state index is 11.8. The molecular weight excluding hydrogens is 242 g/mol. The molecule has 1 fully saturated rings. The van der Waals surface area contributed by atoms with E-state index in [-0.39, 0.29) is 0 Å². The van der Waals surface area contributed by atoms with Crippen molar-refractivity contribution in [3.63, 3.8) is 0 Å². The van der Waals surface area contributed by atoms with E-state index in [9.17, 15) is 8.78 Å². The lowest BCUT2D eigenvalue weighted by Gasteiger charge is -2.26. The summed E-state index contributed by atoms with van der Waals surface area (Å²) in [4.78, 5) is 0. The number of hydrogen-bond acceptors (Lipinski definition) is 0. The molecule has 1 aromatic carbocycles. The molecule has 0 N–H and O–H groups in total. The van der Waals surface area contributed by atoms with Gasteiger partial charge >= 0.3 is 0 Å². The third-order valence-corrected chi connectivity index (χ3v) is 3.80. The molecule has 1 saturated carbocycles. The van der Waals surface area contributed by atoms with Gasteiger partial charge in [-0.2, -0.15) is 8.78 Å². The molecule has 1 aliphatic rings. The van der Waals surface area contributed by atoms with Gasteiger partial charge in [0.25, 0.3) is 6.08 Å². The molecule has 0 amide bonds. The summed E-state index contributed by atoms with van der Waals surface area (Å²) in [6.07, 6.45) is 3.99. The molecular formula is C17H18F2. The van der Waals surface area contributed by atoms with Crippen LogP contribution in [-0.2, 0) is 0 Å². The van der Waals surface area contributed by atoms with E-state index >= 15 is 0 Å². The van der Waals surface area contributed by atoms with Crippen LogP contribution >= 0.6 is 0 Å². The van der Waals surface area contributed by atoms with E-state index in [4.69, 9.17) is 0 Å². The first-order chi connectivity index (χ1) is 9.15. The van der Waals surface area contributed by atoms with Gasteiger partial charge in [-0.15, -0.1) is 0 Å². The van der Waals surface area contributed by atoms with Crippen molar-refractivity contribution in [3.8, 4) is 11.8 Å². The van der Waals surface area contributed by atoms with E-state index in [1.54, 1.807) is 0 Å². The van der Waals surface area contributed by atoms with Gasteiger partial charge in [0.2, 0.25) is 0 Å². The third kappa shape index (κ3) is 4.21. The monoisotopic (exact) mass is 260 g/mol. The molecule has 2 heteroatoms. The summed E-state index contributed by atoms with van der Waals surface area (Å²) in [5, 5.41) is 0. The van der Waals surface area contributed by atoms with Gasteiger partial charge in [-0.1, -0.05) is 43.7 Å². The molecule has 1 aromatic rings. The van der Waals surface area contributed by atoms with Crippen molar-refractivity contribution >= 4 is 0 Å². The summed E-state index contributed by atoms with van der Waals surface area (Å²) in [5.41, 5.74) is 2.13. The minimum absolute atomic E-state index is 0.635. The molecule has 0 heterocycles. The van der Waals surface area contributed by atoms with E-state index in [1.165, 1.54) is 31.2 Å². The van der Waals surface area contributed by atoms with Gasteiger partial charge in [0.1, 0.15) is 0 Å². The highest BCUT2D eigenvalue weighted by molar-refractivity contribution is 5.39. The van der Waals surface area contributed by atoms with Gasteiger partial charge in [0.15, 0.2) is 0 Å². The molecule has 1 aliphatic carbocycles. The molecule has 0 aliphatic heterocycles. The van der Waals surface area contributed by atoms with Crippen molar-refractivity contribution in [1.29, 1.82) is 0 Å². The molecule has 0 atom stereocenters. The molecule has 0 bridgehead atoms. The Morgan fingerprint density at radius 3 is 2.32 bits per heavy atom. The maximum Gasteiger partial charge on any atom is 0.278 e. The number of allylic oxidation sites excluding steroid dienone is 1. The molecule has 0 saturated heterocycles. The molecule has 0 aromatic heterocycles. The summed E-state index contributed by atoms with van der Waals surface area (Å²) in [5.74, 6) is 6.56. The second-order valence-electron chi connectivity index (χ2n) is 5.28. The van der Waals surface area contributed by atoms with Crippen molar-refractivity contribution in [2.45, 2.75) is 38.5 Å². The third-order valence-electron chi connectivity index (χ3n) is 3.80. The molecule has 2 rings (SSSR count). The van der Waals surface area contributed by atoms with Crippen LogP contribution in [0.4, 0.5) is 8.78 Å². The van der Waals surface area contributed by atoms with Crippen molar-refractivity contribution in [1.82, 2.24) is 0 Å². The largest absolute Gasteiger partial charge is 0.278 e. The number of benzene rings is 1. The Morgan fingerprint density at radius 1 is 1.11 bits per heavy atom. The smallest absolute Gasteiger partial charge is 0.173 e. The van der Waals surface area contributed by atoms with E-state index < -0.39 is 6.08 Å². The highest BCUT2D eigenvalue weighted by atomic mass is 19.3. The summed E-state index contributed by atoms with van der Waals surface area (Å²) in [7, 11) is 0. The van der Waals surface area contributed by atoms with Crippen LogP contribution < -0.4 is 0 Å². The van der Waals surface area contributed by atoms with Crippen LogP contribution in [0, 0.1) is 17.8 Å². The predicted octanol–water partition coefficient (Wildman–Crippen LogP) is 5.11. The lowest BCUT2D eigenvalue weighted by Crippen LogP contribution is -2.10. The van der Waals surface area contributed by atoms with Gasteiger partial charge in [0, 0.05) is 5.56 Å². The first-order valence-electron chi connectivity index (χ1n) is 6.78. The topological polar surface area (TPSA) is 0 Å². The SMILES string of the molecule is CC1CCC(c2ccc(C#CC=C(F)F)cc2)CC1. The molecule has 19 heavy (non-hydrogen) atoms. The molecule has 0 radical (unpaired) electrons. The second-order valence-corrected chi connectivity index (χ2v) is 5.28. The number of hydrogen-bond donors (Lipinski definition) is 0. The van der Waals surface area contributed by atoms with Crippen LogP contribution in [0.15, 0.2) is 36.4 Å². The highest BCUT2D eigenvalue weighted by Crippen LogP contribution is 2.35. The quantitative estimate of drug-likeness (QED) is 0.615. The average molecular weight is 260 g/mol. The Bertz CT molecular complexity index is 490. The zero-order valence-electron chi connectivity index (χ0n) is 11.1. The summed E-state index contributed by atoms with van der Waals surface area (Å²) >= 11 is 0. The van der Waals surface area contributed by atoms with Crippen molar-refractivity contribution in [2.75, 3.05) is 0 Å². The minimum atomic E-state index is -1.75. The van der Waals surface area contributed by atoms with Crippen LogP contribution in [0.5, 0.6) is 0 Å². The Kier molecular flexibility index (Phi) is 4.74. The molecule has 100 valence electrons. The minimum Gasteiger partial charge on any atom is -0.173 e. The van der Waals surface area contributed by atoms with Gasteiger partial charge in [-0.25, -0.2) is 0 Å². The van der Waals surface area contributed by atoms with Crippen molar-refractivity contribution in [2.24, 2.45) is 5.92 Å². The first-order valence-corrected chi connectivity index (χ1v) is 6.78. The van der Waals surface area contributed by atoms with Crippen LogP contribution in [-0.4, -0.2) is 0 Å². The lowest BCUT2D eigenvalue weighted by molar-refractivity contribution is 0.348. The lowest BCUT2D eigenvalue weighted by atomic mass is 9.79. The number of rotatable bonds is 1. The Labute approximate surface area is 113 Å². The van der Waals surface area contributed by atoms with Crippen LogP contribution in [0.3, 0.4) is 0 Å². The van der Waals surface area contributed by atoms with E-state index in [0.717, 1.165) is 11.5 Å². The van der Waals surface area contributed by atoms with Gasteiger partial charge < -0.3 is 0 Å². The fourth-order valence-corrected chi connectivity index (χ4v) is 2.61. The summed E-state index contributed by atoms with van der Waals surface area (Å²) in [6, 6.07) is 8.01. The van der Waals surface area contributed by atoms with Gasteiger partial charge in [-0.05, 0) is 42.4 Å². The van der Waals surface area contributed by atoms with Crippen molar-refractivity contribution < 1.29 is 8.78 Å².